The van der Waals surface area contributed by atoms with E-state index in [1.807, 2.05) is 0 Å². The zero-order valence-corrected chi connectivity index (χ0v) is 17.8. The maximum Gasteiger partial charge on any atom is 0.274 e. The van der Waals surface area contributed by atoms with Gasteiger partial charge in [-0.3, -0.25) is 19.1 Å². The fourth-order valence-corrected chi connectivity index (χ4v) is 4.49. The number of benzene rings is 1. The van der Waals surface area contributed by atoms with Crippen LogP contribution in [0.1, 0.15) is 43.7 Å². The highest BCUT2D eigenvalue weighted by molar-refractivity contribution is 5.99. The molecule has 0 saturated carbocycles. The molecule has 5 rings (SSSR count). The molecule has 0 fully saturated rings. The minimum Gasteiger partial charge on any atom is -0.503 e. The molecular weight excluding hydrogens is 455 g/mol. The van der Waals surface area contributed by atoms with Crippen LogP contribution in [0.25, 0.3) is 0 Å². The predicted molar refractivity (Wildman–Crippen MR) is 111 cm³/mol. The van der Waals surface area contributed by atoms with Gasteiger partial charge >= 0.3 is 0 Å². The number of pyridine rings is 1. The monoisotopic (exact) mass is 473 g/mol. The van der Waals surface area contributed by atoms with Crippen molar-refractivity contribution >= 4 is 11.8 Å². The average Bonchev–Trinajstić information content (AvgIpc) is 3.01. The Morgan fingerprint density at radius 1 is 1.24 bits per heavy atom. The number of hydrogen-bond donors (Lipinski definition) is 2. The van der Waals surface area contributed by atoms with Gasteiger partial charge in [-0.2, -0.15) is 5.10 Å². The standard InChI is InChI=1S/C22H18F3N5O4/c1-28-17-4-12-8-29(7-10(17)5-27-28)22(34)18-20(32)19(31)14(9-30(12)18)21(33)26-6-13-15(24)2-11(23)3-16(13)25/h2-3,5,9,12,32H,4,6-8H2,1H3,(H,26,33). The van der Waals surface area contributed by atoms with E-state index in [0.717, 1.165) is 11.3 Å². The van der Waals surface area contributed by atoms with Gasteiger partial charge in [0.2, 0.25) is 5.43 Å². The third kappa shape index (κ3) is 3.33. The summed E-state index contributed by atoms with van der Waals surface area (Å²) in [7, 11) is 1.77. The first kappa shape index (κ1) is 21.7. The van der Waals surface area contributed by atoms with Crippen molar-refractivity contribution in [3.63, 3.8) is 0 Å². The highest BCUT2D eigenvalue weighted by Crippen LogP contribution is 2.33. The number of aromatic hydroxyl groups is 1. The molecule has 176 valence electrons. The fraction of sp³-hybridized carbons (Fsp3) is 0.273. The number of rotatable bonds is 3. The lowest BCUT2D eigenvalue weighted by atomic mass is 10.0. The molecule has 2 bridgehead atoms. The number of amides is 2. The van der Waals surface area contributed by atoms with Crippen molar-refractivity contribution < 1.29 is 27.9 Å². The minimum absolute atomic E-state index is 0.228. The summed E-state index contributed by atoms with van der Waals surface area (Å²) in [6.45, 7) is -0.105. The van der Waals surface area contributed by atoms with Gasteiger partial charge in [0, 0.05) is 68.3 Å². The summed E-state index contributed by atoms with van der Waals surface area (Å²) in [6, 6.07) is 0.551. The maximum atomic E-state index is 13.9. The summed E-state index contributed by atoms with van der Waals surface area (Å²) in [6.07, 6.45) is 3.26. The van der Waals surface area contributed by atoms with Crippen LogP contribution in [0.5, 0.6) is 5.75 Å². The molecular formula is C22H18F3N5O4. The quantitative estimate of drug-likeness (QED) is 0.598. The zero-order chi connectivity index (χ0) is 24.3. The molecule has 9 nitrogen and oxygen atoms in total. The number of aryl methyl sites for hydroxylation is 1. The van der Waals surface area contributed by atoms with Gasteiger partial charge < -0.3 is 19.9 Å². The number of nitrogens with one attached hydrogen (secondary N) is 1. The Balaban J connectivity index is 1.51. The van der Waals surface area contributed by atoms with Crippen LogP contribution in [0.3, 0.4) is 0 Å². The summed E-state index contributed by atoms with van der Waals surface area (Å²) in [5, 5.41) is 17.0. The summed E-state index contributed by atoms with van der Waals surface area (Å²) in [5.41, 5.74) is -0.685. The number of halogens is 3. The number of carbonyl (C=O) groups is 2. The molecule has 2 amide bonds. The number of aromatic nitrogens is 3. The Hall–Kier alpha value is -4.09. The molecule has 2 aromatic heterocycles. The van der Waals surface area contributed by atoms with E-state index in [1.165, 1.54) is 15.7 Å². The average molecular weight is 473 g/mol. The number of hydrogen-bond acceptors (Lipinski definition) is 5. The van der Waals surface area contributed by atoms with E-state index in [1.54, 1.807) is 17.9 Å². The van der Waals surface area contributed by atoms with Crippen LogP contribution in [-0.2, 0) is 26.6 Å². The molecule has 0 spiro atoms. The van der Waals surface area contributed by atoms with Crippen molar-refractivity contribution in [2.75, 3.05) is 6.54 Å². The van der Waals surface area contributed by atoms with Gasteiger partial charge in [-0.25, -0.2) is 13.2 Å². The largest absolute Gasteiger partial charge is 0.503 e. The van der Waals surface area contributed by atoms with E-state index in [-0.39, 0.29) is 18.8 Å². The maximum absolute atomic E-state index is 13.9. The van der Waals surface area contributed by atoms with E-state index < -0.39 is 64.2 Å². The lowest BCUT2D eigenvalue weighted by molar-refractivity contribution is 0.0653. The second kappa shape index (κ2) is 7.75. The van der Waals surface area contributed by atoms with Crippen LogP contribution < -0.4 is 10.7 Å². The number of fused-ring (bicyclic) bond motifs is 5. The normalized spacial score (nSPS) is 16.6. The minimum atomic E-state index is -1.20. The van der Waals surface area contributed by atoms with E-state index in [4.69, 9.17) is 0 Å². The van der Waals surface area contributed by atoms with Gasteiger partial charge in [-0.05, 0) is 0 Å². The van der Waals surface area contributed by atoms with Crippen molar-refractivity contribution in [1.82, 2.24) is 24.6 Å². The Bertz CT molecular complexity index is 1410. The number of nitrogens with zero attached hydrogens (tertiary/aromatic N) is 4. The SMILES string of the molecule is Cn1ncc2c1CC1CN(C2)C(=O)c2c(O)c(=O)c(C(=O)NCc3c(F)cc(F)cc3F)cn21. The van der Waals surface area contributed by atoms with Crippen LogP contribution in [0.4, 0.5) is 13.2 Å². The highest BCUT2D eigenvalue weighted by Gasteiger charge is 2.38. The lowest BCUT2D eigenvalue weighted by Gasteiger charge is -2.34. The van der Waals surface area contributed by atoms with Crippen molar-refractivity contribution in [3.8, 4) is 5.75 Å². The van der Waals surface area contributed by atoms with Gasteiger partial charge in [0.15, 0.2) is 11.4 Å². The topological polar surface area (TPSA) is 109 Å². The van der Waals surface area contributed by atoms with Crippen molar-refractivity contribution in [3.05, 3.63) is 80.3 Å². The molecule has 1 atom stereocenters. The third-order valence-electron chi connectivity index (χ3n) is 6.24. The van der Waals surface area contributed by atoms with Gasteiger partial charge in [0.05, 0.1) is 12.2 Å². The highest BCUT2D eigenvalue weighted by atomic mass is 19.1. The van der Waals surface area contributed by atoms with Crippen LogP contribution >= 0.6 is 0 Å². The van der Waals surface area contributed by atoms with Crippen molar-refractivity contribution in [2.24, 2.45) is 7.05 Å². The molecule has 34 heavy (non-hydrogen) atoms. The Kier molecular flexibility index (Phi) is 4.95. The molecule has 1 aromatic carbocycles. The molecule has 0 aliphatic carbocycles. The third-order valence-corrected chi connectivity index (χ3v) is 6.24. The molecule has 0 radical (unpaired) electrons. The van der Waals surface area contributed by atoms with Crippen LogP contribution in [0.2, 0.25) is 0 Å². The molecule has 4 heterocycles. The Morgan fingerprint density at radius 3 is 2.65 bits per heavy atom. The molecule has 12 heteroatoms. The zero-order valence-electron chi connectivity index (χ0n) is 17.8. The lowest BCUT2D eigenvalue weighted by Crippen LogP contribution is -2.44. The molecule has 2 aliphatic heterocycles. The van der Waals surface area contributed by atoms with Crippen molar-refractivity contribution in [1.29, 1.82) is 0 Å². The van der Waals surface area contributed by atoms with E-state index in [0.29, 0.717) is 18.6 Å². The van der Waals surface area contributed by atoms with Crippen LogP contribution in [0.15, 0.2) is 29.3 Å². The first-order valence-corrected chi connectivity index (χ1v) is 10.3. The molecule has 2 N–H and O–H groups in total. The van der Waals surface area contributed by atoms with Gasteiger partial charge in [-0.1, -0.05) is 0 Å². The molecule has 3 aromatic rings. The van der Waals surface area contributed by atoms with Gasteiger partial charge in [-0.15, -0.1) is 0 Å². The van der Waals surface area contributed by atoms with E-state index >= 15 is 0 Å². The number of carbonyl (C=O) groups excluding carboxylic acids is 2. The second-order valence-corrected chi connectivity index (χ2v) is 8.29. The van der Waals surface area contributed by atoms with Crippen molar-refractivity contribution in [2.45, 2.75) is 25.6 Å². The summed E-state index contributed by atoms with van der Waals surface area (Å²) in [5.74, 6) is -5.96. The summed E-state index contributed by atoms with van der Waals surface area (Å²) < 4.78 is 44.0. The summed E-state index contributed by atoms with van der Waals surface area (Å²) >= 11 is 0. The van der Waals surface area contributed by atoms with E-state index in [9.17, 15) is 32.7 Å². The Labute approximate surface area is 190 Å². The van der Waals surface area contributed by atoms with Crippen LogP contribution in [0, 0.1) is 17.5 Å². The summed E-state index contributed by atoms with van der Waals surface area (Å²) in [4.78, 5) is 40.0. The smallest absolute Gasteiger partial charge is 0.274 e. The van der Waals surface area contributed by atoms with Gasteiger partial charge in [0.1, 0.15) is 23.0 Å². The van der Waals surface area contributed by atoms with E-state index in [2.05, 4.69) is 10.4 Å². The first-order valence-electron chi connectivity index (χ1n) is 10.3. The van der Waals surface area contributed by atoms with Crippen LogP contribution in [-0.4, -0.2) is 42.7 Å². The fourth-order valence-electron chi connectivity index (χ4n) is 4.49. The Morgan fingerprint density at radius 2 is 1.94 bits per heavy atom. The predicted octanol–water partition coefficient (Wildman–Crippen LogP) is 1.39. The van der Waals surface area contributed by atoms with Gasteiger partial charge in [0.25, 0.3) is 11.8 Å². The molecule has 2 aliphatic rings. The molecule has 1 unspecified atom stereocenters. The molecule has 0 saturated heterocycles. The first-order chi connectivity index (χ1) is 16.2. The second-order valence-electron chi connectivity index (χ2n) is 8.29.